The molecule has 1 aliphatic carbocycles. The second-order valence-electron chi connectivity index (χ2n) is 3.86. The van der Waals surface area contributed by atoms with E-state index in [1.807, 2.05) is 0 Å². The molecule has 1 aliphatic rings. The Morgan fingerprint density at radius 1 is 1.50 bits per heavy atom. The Kier molecular flexibility index (Phi) is 3.00. The van der Waals surface area contributed by atoms with Crippen LogP contribution in [-0.4, -0.2) is 22.1 Å². The summed E-state index contributed by atoms with van der Waals surface area (Å²) in [6.45, 7) is 0. The van der Waals surface area contributed by atoms with E-state index in [9.17, 15) is 10.1 Å². The van der Waals surface area contributed by atoms with Crippen molar-refractivity contribution in [3.8, 4) is 5.88 Å². The van der Waals surface area contributed by atoms with Gasteiger partial charge in [0.05, 0.1) is 4.92 Å². The molecule has 2 rings (SSSR count). The standard InChI is InChI=1S/C10H13N3O3/c11-8-2-1-3-9(8)16-10-5-4-7(6-12-10)13(14)15/h4-6,8-9H,1-3,11H2. The van der Waals surface area contributed by atoms with E-state index in [-0.39, 0.29) is 17.8 Å². The molecule has 0 amide bonds. The zero-order chi connectivity index (χ0) is 11.5. The smallest absolute Gasteiger partial charge is 0.287 e. The van der Waals surface area contributed by atoms with Crippen molar-refractivity contribution in [2.45, 2.75) is 31.4 Å². The summed E-state index contributed by atoms with van der Waals surface area (Å²) < 4.78 is 5.56. The Morgan fingerprint density at radius 3 is 2.81 bits per heavy atom. The lowest BCUT2D eigenvalue weighted by Crippen LogP contribution is -2.33. The Bertz CT molecular complexity index is 379. The highest BCUT2D eigenvalue weighted by Crippen LogP contribution is 2.23. The van der Waals surface area contributed by atoms with Crippen LogP contribution in [-0.2, 0) is 0 Å². The molecule has 1 aromatic heterocycles. The van der Waals surface area contributed by atoms with E-state index in [0.29, 0.717) is 5.88 Å². The molecule has 0 aromatic carbocycles. The van der Waals surface area contributed by atoms with Gasteiger partial charge < -0.3 is 10.5 Å². The number of hydrogen-bond donors (Lipinski definition) is 1. The highest BCUT2D eigenvalue weighted by molar-refractivity contribution is 5.29. The van der Waals surface area contributed by atoms with Gasteiger partial charge in [-0.05, 0) is 19.3 Å². The highest BCUT2D eigenvalue weighted by atomic mass is 16.6. The minimum absolute atomic E-state index is 0.0195. The van der Waals surface area contributed by atoms with Crippen LogP contribution in [0.4, 0.5) is 5.69 Å². The third-order valence-corrected chi connectivity index (χ3v) is 2.71. The molecule has 1 fully saturated rings. The molecule has 2 unspecified atom stereocenters. The molecule has 0 bridgehead atoms. The van der Waals surface area contributed by atoms with Crippen LogP contribution in [0.15, 0.2) is 18.3 Å². The van der Waals surface area contributed by atoms with Gasteiger partial charge >= 0.3 is 0 Å². The van der Waals surface area contributed by atoms with Crippen molar-refractivity contribution in [2.24, 2.45) is 5.73 Å². The minimum Gasteiger partial charge on any atom is -0.473 e. The van der Waals surface area contributed by atoms with E-state index in [4.69, 9.17) is 10.5 Å². The molecular formula is C10H13N3O3. The molecule has 6 nitrogen and oxygen atoms in total. The Morgan fingerprint density at radius 2 is 2.31 bits per heavy atom. The average Bonchev–Trinajstić information content (AvgIpc) is 2.65. The molecule has 0 aliphatic heterocycles. The number of hydrogen-bond acceptors (Lipinski definition) is 5. The largest absolute Gasteiger partial charge is 0.473 e. The van der Waals surface area contributed by atoms with Gasteiger partial charge in [-0.15, -0.1) is 0 Å². The van der Waals surface area contributed by atoms with Gasteiger partial charge in [-0.3, -0.25) is 10.1 Å². The van der Waals surface area contributed by atoms with Crippen molar-refractivity contribution in [3.63, 3.8) is 0 Å². The zero-order valence-corrected chi connectivity index (χ0v) is 8.70. The second-order valence-corrected chi connectivity index (χ2v) is 3.86. The molecule has 1 saturated carbocycles. The van der Waals surface area contributed by atoms with Gasteiger partial charge in [0, 0.05) is 18.2 Å². The lowest BCUT2D eigenvalue weighted by molar-refractivity contribution is -0.385. The summed E-state index contributed by atoms with van der Waals surface area (Å²) in [4.78, 5) is 13.8. The number of aromatic nitrogens is 1. The number of nitrogens with two attached hydrogens (primary N) is 1. The molecule has 16 heavy (non-hydrogen) atoms. The van der Waals surface area contributed by atoms with Crippen LogP contribution in [0.2, 0.25) is 0 Å². The maximum atomic E-state index is 10.4. The van der Waals surface area contributed by atoms with Crippen LogP contribution >= 0.6 is 0 Å². The van der Waals surface area contributed by atoms with Gasteiger partial charge in [0.15, 0.2) is 0 Å². The molecule has 6 heteroatoms. The number of rotatable bonds is 3. The third kappa shape index (κ3) is 2.27. The first-order valence-electron chi connectivity index (χ1n) is 5.19. The van der Waals surface area contributed by atoms with Gasteiger partial charge in [-0.1, -0.05) is 0 Å². The first-order valence-corrected chi connectivity index (χ1v) is 5.19. The molecule has 0 spiro atoms. The summed E-state index contributed by atoms with van der Waals surface area (Å²) in [5.74, 6) is 0.396. The van der Waals surface area contributed by atoms with Crippen LogP contribution in [0, 0.1) is 10.1 Å². The van der Waals surface area contributed by atoms with Crippen molar-refractivity contribution in [1.29, 1.82) is 0 Å². The summed E-state index contributed by atoms with van der Waals surface area (Å²) in [7, 11) is 0. The molecule has 86 valence electrons. The molecule has 0 radical (unpaired) electrons. The van der Waals surface area contributed by atoms with Gasteiger partial charge in [-0.2, -0.15) is 0 Å². The van der Waals surface area contributed by atoms with Gasteiger partial charge in [0.1, 0.15) is 12.3 Å². The SMILES string of the molecule is NC1CCCC1Oc1ccc([N+](=O)[O-])cn1. The van der Waals surface area contributed by atoms with E-state index in [1.54, 1.807) is 0 Å². The van der Waals surface area contributed by atoms with Crippen LogP contribution < -0.4 is 10.5 Å². The first-order chi connectivity index (χ1) is 7.66. The summed E-state index contributed by atoms with van der Waals surface area (Å²) in [6, 6.07) is 2.92. The fourth-order valence-corrected chi connectivity index (χ4v) is 1.81. The Labute approximate surface area is 92.6 Å². The van der Waals surface area contributed by atoms with Gasteiger partial charge in [0.25, 0.3) is 5.69 Å². The lowest BCUT2D eigenvalue weighted by Gasteiger charge is -2.16. The van der Waals surface area contributed by atoms with E-state index in [0.717, 1.165) is 19.3 Å². The fraction of sp³-hybridized carbons (Fsp3) is 0.500. The van der Waals surface area contributed by atoms with E-state index in [2.05, 4.69) is 4.98 Å². The molecule has 1 aromatic rings. The van der Waals surface area contributed by atoms with Crippen molar-refractivity contribution in [3.05, 3.63) is 28.4 Å². The van der Waals surface area contributed by atoms with Crippen molar-refractivity contribution in [2.75, 3.05) is 0 Å². The molecule has 1 heterocycles. The average molecular weight is 223 g/mol. The van der Waals surface area contributed by atoms with Crippen LogP contribution in [0.5, 0.6) is 5.88 Å². The molecule has 2 N–H and O–H groups in total. The highest BCUT2D eigenvalue weighted by Gasteiger charge is 2.25. The van der Waals surface area contributed by atoms with Gasteiger partial charge in [0.2, 0.25) is 5.88 Å². The minimum atomic E-state index is -0.488. The lowest BCUT2D eigenvalue weighted by atomic mass is 10.2. The number of nitro groups is 1. The number of pyridine rings is 1. The topological polar surface area (TPSA) is 91.3 Å². The predicted molar refractivity (Wildman–Crippen MR) is 57.1 cm³/mol. The maximum Gasteiger partial charge on any atom is 0.287 e. The fourth-order valence-electron chi connectivity index (χ4n) is 1.81. The summed E-state index contributed by atoms with van der Waals surface area (Å²) >= 11 is 0. The zero-order valence-electron chi connectivity index (χ0n) is 8.70. The monoisotopic (exact) mass is 223 g/mol. The molecule has 2 atom stereocenters. The van der Waals surface area contributed by atoms with Crippen molar-refractivity contribution in [1.82, 2.24) is 4.98 Å². The summed E-state index contributed by atoms with van der Waals surface area (Å²) in [5.41, 5.74) is 5.81. The third-order valence-electron chi connectivity index (χ3n) is 2.71. The maximum absolute atomic E-state index is 10.4. The molecular weight excluding hydrogens is 210 g/mol. The summed E-state index contributed by atoms with van der Waals surface area (Å²) in [5, 5.41) is 10.4. The molecule has 0 saturated heterocycles. The van der Waals surface area contributed by atoms with E-state index in [1.165, 1.54) is 18.3 Å². The van der Waals surface area contributed by atoms with E-state index >= 15 is 0 Å². The normalized spacial score (nSPS) is 24.3. The van der Waals surface area contributed by atoms with Crippen LogP contribution in [0.3, 0.4) is 0 Å². The van der Waals surface area contributed by atoms with Crippen molar-refractivity contribution < 1.29 is 9.66 Å². The van der Waals surface area contributed by atoms with Gasteiger partial charge in [-0.25, -0.2) is 4.98 Å². The first kappa shape index (κ1) is 10.8. The Hall–Kier alpha value is -1.69. The van der Waals surface area contributed by atoms with Crippen LogP contribution in [0.1, 0.15) is 19.3 Å². The van der Waals surface area contributed by atoms with Crippen LogP contribution in [0.25, 0.3) is 0 Å². The number of ether oxygens (including phenoxy) is 1. The van der Waals surface area contributed by atoms with Crippen molar-refractivity contribution >= 4 is 5.69 Å². The number of nitrogens with zero attached hydrogens (tertiary/aromatic N) is 2. The predicted octanol–water partition coefficient (Wildman–Crippen LogP) is 1.25. The Balaban J connectivity index is 2.02. The quantitative estimate of drug-likeness (QED) is 0.615. The second kappa shape index (κ2) is 4.44. The summed E-state index contributed by atoms with van der Waals surface area (Å²) in [6.07, 6.45) is 4.10. The van der Waals surface area contributed by atoms with E-state index < -0.39 is 4.92 Å².